The Balaban J connectivity index is 1.55. The average Bonchev–Trinajstić information content (AvgIpc) is 2.58. The molecule has 0 unspecified atom stereocenters. The Labute approximate surface area is 136 Å². The molecule has 0 spiro atoms. The van der Waals surface area contributed by atoms with Crippen LogP contribution in [0.1, 0.15) is 11.1 Å². The first-order valence-electron chi connectivity index (χ1n) is 7.89. The molecule has 3 rings (SSSR count). The second-order valence-corrected chi connectivity index (χ2v) is 6.02. The molecule has 0 aliphatic carbocycles. The first-order valence-corrected chi connectivity index (χ1v) is 7.89. The van der Waals surface area contributed by atoms with Gasteiger partial charge in [-0.05, 0) is 24.6 Å². The summed E-state index contributed by atoms with van der Waals surface area (Å²) in [4.78, 5) is 15.1. The van der Waals surface area contributed by atoms with Crippen LogP contribution >= 0.6 is 0 Å². The van der Waals surface area contributed by atoms with Crippen molar-refractivity contribution in [3.63, 3.8) is 0 Å². The van der Waals surface area contributed by atoms with E-state index in [-0.39, 0.29) is 10.6 Å². The van der Waals surface area contributed by atoms with Gasteiger partial charge in [-0.15, -0.1) is 0 Å². The third-order valence-corrected chi connectivity index (χ3v) is 4.32. The average molecular weight is 311 g/mol. The van der Waals surface area contributed by atoms with Gasteiger partial charge in [-0.25, -0.2) is 0 Å². The van der Waals surface area contributed by atoms with Crippen LogP contribution in [0.2, 0.25) is 0 Å². The Morgan fingerprint density at radius 2 is 1.57 bits per heavy atom. The van der Waals surface area contributed by atoms with Crippen LogP contribution in [0.25, 0.3) is 0 Å². The molecular weight excluding hydrogens is 290 g/mol. The van der Waals surface area contributed by atoms with E-state index in [2.05, 4.69) is 41.0 Å². The lowest BCUT2D eigenvalue weighted by Crippen LogP contribution is -2.45. The highest BCUT2D eigenvalue weighted by Crippen LogP contribution is 2.21. The van der Waals surface area contributed by atoms with Crippen molar-refractivity contribution < 1.29 is 4.92 Å². The van der Waals surface area contributed by atoms with Crippen LogP contribution in [-0.2, 0) is 6.54 Å². The molecule has 2 aromatic rings. The predicted octanol–water partition coefficient (Wildman–Crippen LogP) is 3.23. The number of aryl methyl sites for hydroxylation is 1. The molecule has 1 heterocycles. The summed E-state index contributed by atoms with van der Waals surface area (Å²) in [6, 6.07) is 15.5. The normalized spacial score (nSPS) is 15.6. The standard InChI is InChI=1S/C18H21N3O2/c1-15-2-4-16(5-3-15)14-19-10-12-20(13-11-19)17-6-8-18(9-7-17)21(22)23/h2-9H,10-14H2,1H3. The minimum atomic E-state index is -0.358. The summed E-state index contributed by atoms with van der Waals surface area (Å²) < 4.78 is 0. The fourth-order valence-electron chi connectivity index (χ4n) is 2.90. The maximum absolute atomic E-state index is 10.7. The van der Waals surface area contributed by atoms with Gasteiger partial charge in [0.25, 0.3) is 5.69 Å². The van der Waals surface area contributed by atoms with Gasteiger partial charge in [-0.1, -0.05) is 29.8 Å². The number of benzene rings is 2. The molecule has 1 aliphatic heterocycles. The molecule has 5 nitrogen and oxygen atoms in total. The van der Waals surface area contributed by atoms with Crippen LogP contribution in [0, 0.1) is 17.0 Å². The molecule has 0 radical (unpaired) electrons. The lowest BCUT2D eigenvalue weighted by molar-refractivity contribution is -0.384. The fourth-order valence-corrected chi connectivity index (χ4v) is 2.90. The van der Waals surface area contributed by atoms with Crippen LogP contribution in [0.15, 0.2) is 48.5 Å². The summed E-state index contributed by atoms with van der Waals surface area (Å²) in [5, 5.41) is 10.7. The molecule has 0 atom stereocenters. The van der Waals surface area contributed by atoms with E-state index in [0.29, 0.717) is 0 Å². The van der Waals surface area contributed by atoms with Gasteiger partial charge in [0.05, 0.1) is 4.92 Å². The van der Waals surface area contributed by atoms with E-state index in [0.717, 1.165) is 38.4 Å². The molecule has 5 heteroatoms. The molecule has 0 bridgehead atoms. The third kappa shape index (κ3) is 3.87. The Morgan fingerprint density at radius 1 is 0.957 bits per heavy atom. The van der Waals surface area contributed by atoms with Crippen molar-refractivity contribution in [1.29, 1.82) is 0 Å². The van der Waals surface area contributed by atoms with Crippen molar-refractivity contribution in [1.82, 2.24) is 4.90 Å². The zero-order valence-electron chi connectivity index (χ0n) is 13.3. The minimum absolute atomic E-state index is 0.145. The van der Waals surface area contributed by atoms with Crippen molar-refractivity contribution in [2.24, 2.45) is 0 Å². The number of nitro groups is 1. The number of anilines is 1. The smallest absolute Gasteiger partial charge is 0.269 e. The maximum Gasteiger partial charge on any atom is 0.269 e. The van der Waals surface area contributed by atoms with Gasteiger partial charge in [0.15, 0.2) is 0 Å². The largest absolute Gasteiger partial charge is 0.369 e. The number of rotatable bonds is 4. The van der Waals surface area contributed by atoms with Crippen LogP contribution in [0.5, 0.6) is 0 Å². The van der Waals surface area contributed by atoms with Crippen LogP contribution in [0.4, 0.5) is 11.4 Å². The first kappa shape index (κ1) is 15.5. The van der Waals surface area contributed by atoms with E-state index >= 15 is 0 Å². The van der Waals surface area contributed by atoms with E-state index in [1.807, 2.05) is 12.1 Å². The fraction of sp³-hybridized carbons (Fsp3) is 0.333. The summed E-state index contributed by atoms with van der Waals surface area (Å²) in [6.45, 7) is 6.99. The van der Waals surface area contributed by atoms with Crippen molar-refractivity contribution in [3.05, 3.63) is 69.8 Å². The number of nitro benzene ring substituents is 1. The van der Waals surface area contributed by atoms with E-state index < -0.39 is 0 Å². The molecule has 0 N–H and O–H groups in total. The second kappa shape index (κ2) is 6.79. The van der Waals surface area contributed by atoms with E-state index in [9.17, 15) is 10.1 Å². The van der Waals surface area contributed by atoms with Gasteiger partial charge in [-0.3, -0.25) is 15.0 Å². The monoisotopic (exact) mass is 311 g/mol. The molecule has 0 aromatic heterocycles. The molecule has 1 fully saturated rings. The quantitative estimate of drug-likeness (QED) is 0.642. The molecule has 1 saturated heterocycles. The highest BCUT2D eigenvalue weighted by atomic mass is 16.6. The van der Waals surface area contributed by atoms with Gasteiger partial charge < -0.3 is 4.90 Å². The van der Waals surface area contributed by atoms with Crippen molar-refractivity contribution in [2.75, 3.05) is 31.1 Å². The summed E-state index contributed by atoms with van der Waals surface area (Å²) in [5.74, 6) is 0. The minimum Gasteiger partial charge on any atom is -0.369 e. The number of non-ortho nitro benzene ring substituents is 1. The number of nitrogens with zero attached hydrogens (tertiary/aromatic N) is 3. The summed E-state index contributed by atoms with van der Waals surface area (Å²) in [6.07, 6.45) is 0. The van der Waals surface area contributed by atoms with Crippen LogP contribution in [-0.4, -0.2) is 36.0 Å². The van der Waals surface area contributed by atoms with Gasteiger partial charge in [0.1, 0.15) is 0 Å². The Bertz CT molecular complexity index is 660. The predicted molar refractivity (Wildman–Crippen MR) is 91.8 cm³/mol. The van der Waals surface area contributed by atoms with E-state index in [1.165, 1.54) is 11.1 Å². The topological polar surface area (TPSA) is 49.6 Å². The molecule has 1 aliphatic rings. The van der Waals surface area contributed by atoms with Gasteiger partial charge in [-0.2, -0.15) is 0 Å². The van der Waals surface area contributed by atoms with Crippen LogP contribution in [0.3, 0.4) is 0 Å². The Kier molecular flexibility index (Phi) is 4.57. The molecule has 0 amide bonds. The van der Waals surface area contributed by atoms with Crippen molar-refractivity contribution >= 4 is 11.4 Å². The van der Waals surface area contributed by atoms with Crippen molar-refractivity contribution in [2.45, 2.75) is 13.5 Å². The van der Waals surface area contributed by atoms with E-state index in [4.69, 9.17) is 0 Å². The molecule has 0 saturated carbocycles. The number of hydrogen-bond donors (Lipinski definition) is 0. The zero-order chi connectivity index (χ0) is 16.2. The van der Waals surface area contributed by atoms with Gasteiger partial charge in [0, 0.05) is 50.5 Å². The second-order valence-electron chi connectivity index (χ2n) is 6.02. The van der Waals surface area contributed by atoms with Gasteiger partial charge >= 0.3 is 0 Å². The number of hydrogen-bond acceptors (Lipinski definition) is 4. The highest BCUT2D eigenvalue weighted by Gasteiger charge is 2.18. The van der Waals surface area contributed by atoms with E-state index in [1.54, 1.807) is 12.1 Å². The molecule has 120 valence electrons. The van der Waals surface area contributed by atoms with Gasteiger partial charge in [0.2, 0.25) is 0 Å². The SMILES string of the molecule is Cc1ccc(CN2CCN(c3ccc([N+](=O)[O-])cc3)CC2)cc1. The molecule has 2 aromatic carbocycles. The van der Waals surface area contributed by atoms with Crippen molar-refractivity contribution in [3.8, 4) is 0 Å². The summed E-state index contributed by atoms with van der Waals surface area (Å²) >= 11 is 0. The Morgan fingerprint density at radius 3 is 2.13 bits per heavy atom. The maximum atomic E-state index is 10.7. The summed E-state index contributed by atoms with van der Waals surface area (Å²) in [5.41, 5.74) is 3.84. The molecule has 23 heavy (non-hydrogen) atoms. The lowest BCUT2D eigenvalue weighted by Gasteiger charge is -2.36. The molecular formula is C18H21N3O2. The Hall–Kier alpha value is -2.40. The zero-order valence-corrected chi connectivity index (χ0v) is 13.3. The first-order chi connectivity index (χ1) is 11.1. The lowest BCUT2D eigenvalue weighted by atomic mass is 10.1. The van der Waals surface area contributed by atoms with Crippen LogP contribution < -0.4 is 4.90 Å². The highest BCUT2D eigenvalue weighted by molar-refractivity contribution is 5.51. The summed E-state index contributed by atoms with van der Waals surface area (Å²) in [7, 11) is 0. The number of piperazine rings is 1. The third-order valence-electron chi connectivity index (χ3n) is 4.32.